The molecule has 2 N–H and O–H groups in total. The molecule has 8 heteroatoms. The van der Waals surface area contributed by atoms with E-state index in [2.05, 4.69) is 0 Å². The lowest BCUT2D eigenvalue weighted by molar-refractivity contribution is -0.138. The Hall–Kier alpha value is -2.64. The summed E-state index contributed by atoms with van der Waals surface area (Å²) in [6.45, 7) is 2.61. The van der Waals surface area contributed by atoms with Gasteiger partial charge in [-0.3, -0.25) is 9.69 Å². The summed E-state index contributed by atoms with van der Waals surface area (Å²) in [7, 11) is 1.64. The van der Waals surface area contributed by atoms with Crippen molar-refractivity contribution >= 4 is 23.5 Å². The number of hydrogen-bond acceptors (Lipinski definition) is 5. The third-order valence-electron chi connectivity index (χ3n) is 6.81. The number of guanidine groups is 1. The summed E-state index contributed by atoms with van der Waals surface area (Å²) in [5, 5.41) is 0.303. The number of aliphatic imine (C=N–C) groups is 1. The first-order valence-electron chi connectivity index (χ1n) is 10.9. The van der Waals surface area contributed by atoms with Gasteiger partial charge in [0.1, 0.15) is 17.7 Å². The Morgan fingerprint density at radius 1 is 1.28 bits per heavy atom. The fourth-order valence-corrected chi connectivity index (χ4v) is 5.58. The van der Waals surface area contributed by atoms with E-state index in [0.717, 1.165) is 18.4 Å². The number of hydrogen-bond donors (Lipinski definition) is 1. The molecular weight excluding hydrogens is 433 g/mol. The van der Waals surface area contributed by atoms with Crippen molar-refractivity contribution in [3.63, 3.8) is 0 Å². The Bertz CT molecular complexity index is 1100. The highest BCUT2D eigenvalue weighted by Gasteiger charge is 2.60. The van der Waals surface area contributed by atoms with Crippen molar-refractivity contribution < 1.29 is 18.7 Å². The normalized spacial score (nSPS) is 28.9. The van der Waals surface area contributed by atoms with Crippen LogP contribution in [0.15, 0.2) is 41.4 Å². The topological polar surface area (TPSA) is 77.2 Å². The van der Waals surface area contributed by atoms with Crippen LogP contribution in [-0.2, 0) is 15.1 Å². The zero-order valence-electron chi connectivity index (χ0n) is 18.0. The van der Waals surface area contributed by atoms with Crippen LogP contribution < -0.4 is 10.5 Å². The maximum Gasteiger partial charge on any atom is 0.262 e. The molecule has 2 aliphatic heterocycles. The van der Waals surface area contributed by atoms with Crippen LogP contribution in [0.1, 0.15) is 31.7 Å². The van der Waals surface area contributed by atoms with E-state index in [9.17, 15) is 9.18 Å². The summed E-state index contributed by atoms with van der Waals surface area (Å²) in [5.41, 5.74) is 6.97. The second kappa shape index (κ2) is 7.74. The van der Waals surface area contributed by atoms with Gasteiger partial charge in [0.05, 0.1) is 6.10 Å². The minimum atomic E-state index is -1.17. The van der Waals surface area contributed by atoms with E-state index in [0.29, 0.717) is 34.9 Å². The Balaban J connectivity index is 1.66. The lowest BCUT2D eigenvalue weighted by Gasteiger charge is -2.47. The van der Waals surface area contributed by atoms with Crippen LogP contribution in [0.5, 0.6) is 5.75 Å². The van der Waals surface area contributed by atoms with E-state index < -0.39 is 11.4 Å². The molecule has 4 unspecified atom stereocenters. The fraction of sp³-hybridized carbons (Fsp3) is 0.417. The van der Waals surface area contributed by atoms with Crippen LogP contribution in [0.3, 0.4) is 0 Å². The van der Waals surface area contributed by atoms with Crippen molar-refractivity contribution in [1.82, 2.24) is 4.90 Å². The van der Waals surface area contributed by atoms with Gasteiger partial charge >= 0.3 is 0 Å². The molecule has 1 spiro atoms. The van der Waals surface area contributed by atoms with Crippen molar-refractivity contribution in [2.75, 3.05) is 13.7 Å². The molecule has 6 nitrogen and oxygen atoms in total. The number of amides is 1. The molecule has 1 aliphatic carbocycles. The van der Waals surface area contributed by atoms with Gasteiger partial charge in [0.2, 0.25) is 0 Å². The first kappa shape index (κ1) is 21.2. The van der Waals surface area contributed by atoms with Gasteiger partial charge in [-0.25, -0.2) is 9.38 Å². The highest BCUT2D eigenvalue weighted by Crippen LogP contribution is 2.54. The molecule has 0 aromatic heterocycles. The Morgan fingerprint density at radius 2 is 2.09 bits per heavy atom. The van der Waals surface area contributed by atoms with Crippen molar-refractivity contribution in [3.05, 3.63) is 52.8 Å². The lowest BCUT2D eigenvalue weighted by Crippen LogP contribution is -2.55. The summed E-state index contributed by atoms with van der Waals surface area (Å²) in [6, 6.07) is 9.90. The largest absolute Gasteiger partial charge is 0.490 e. The molecule has 32 heavy (non-hydrogen) atoms. The van der Waals surface area contributed by atoms with Crippen LogP contribution in [0, 0.1) is 11.7 Å². The van der Waals surface area contributed by atoms with Gasteiger partial charge in [0.25, 0.3) is 5.91 Å². The molecule has 0 bridgehead atoms. The number of halogens is 2. The second-order valence-corrected chi connectivity index (χ2v) is 9.06. The van der Waals surface area contributed by atoms with Gasteiger partial charge in [-0.1, -0.05) is 17.7 Å². The van der Waals surface area contributed by atoms with Crippen LogP contribution in [0.25, 0.3) is 11.1 Å². The molecule has 1 saturated carbocycles. The summed E-state index contributed by atoms with van der Waals surface area (Å²) < 4.78 is 26.3. The highest BCUT2D eigenvalue weighted by atomic mass is 35.5. The average Bonchev–Trinajstić information content (AvgIpc) is 2.98. The first-order valence-corrected chi connectivity index (χ1v) is 11.2. The van der Waals surface area contributed by atoms with Crippen LogP contribution >= 0.6 is 11.6 Å². The summed E-state index contributed by atoms with van der Waals surface area (Å²) in [4.78, 5) is 19.8. The molecule has 2 aromatic rings. The number of nitrogens with two attached hydrogens (primary N) is 1. The molecule has 0 radical (unpaired) electrons. The van der Waals surface area contributed by atoms with Crippen molar-refractivity contribution in [2.45, 2.75) is 43.9 Å². The number of carbonyl (C=O) groups excluding carboxylic acids is 1. The zero-order chi connectivity index (χ0) is 22.6. The van der Waals surface area contributed by atoms with E-state index in [1.807, 2.05) is 25.1 Å². The monoisotopic (exact) mass is 457 g/mol. The average molecular weight is 458 g/mol. The minimum absolute atomic E-state index is 0.0871. The first-order chi connectivity index (χ1) is 15.3. The van der Waals surface area contributed by atoms with E-state index in [-0.39, 0.29) is 30.0 Å². The maximum atomic E-state index is 14.0. The Morgan fingerprint density at radius 3 is 2.78 bits per heavy atom. The van der Waals surface area contributed by atoms with Gasteiger partial charge < -0.3 is 15.2 Å². The Kier molecular flexibility index (Phi) is 5.13. The van der Waals surface area contributed by atoms with Gasteiger partial charge in [-0.05, 0) is 61.2 Å². The van der Waals surface area contributed by atoms with Crippen LogP contribution in [0.2, 0.25) is 5.02 Å². The third-order valence-corrected chi connectivity index (χ3v) is 7.03. The second-order valence-electron chi connectivity index (χ2n) is 8.62. The number of likely N-dealkylation sites (N-methyl/N-ethyl adjacent to an activating group) is 1. The van der Waals surface area contributed by atoms with Crippen molar-refractivity contribution in [1.29, 1.82) is 0 Å². The van der Waals surface area contributed by atoms with Crippen LogP contribution in [0.4, 0.5) is 4.39 Å². The van der Waals surface area contributed by atoms with E-state index in [1.165, 1.54) is 17.0 Å². The van der Waals surface area contributed by atoms with Crippen LogP contribution in [-0.4, -0.2) is 42.6 Å². The van der Waals surface area contributed by atoms with Gasteiger partial charge in [-0.15, -0.1) is 0 Å². The molecular formula is C24H25ClFN3O3. The smallest absolute Gasteiger partial charge is 0.262 e. The number of nitrogens with zero attached hydrogens (tertiary/aromatic N) is 2. The molecule has 168 valence electrons. The third kappa shape index (κ3) is 3.18. The van der Waals surface area contributed by atoms with Crippen molar-refractivity contribution in [3.8, 4) is 16.9 Å². The lowest BCUT2D eigenvalue weighted by atomic mass is 9.66. The van der Waals surface area contributed by atoms with E-state index in [1.54, 1.807) is 13.1 Å². The zero-order valence-corrected chi connectivity index (χ0v) is 18.7. The summed E-state index contributed by atoms with van der Waals surface area (Å²) in [5.74, 6) is 0.0138. The van der Waals surface area contributed by atoms with Gasteiger partial charge in [0.15, 0.2) is 11.5 Å². The van der Waals surface area contributed by atoms with E-state index >= 15 is 0 Å². The van der Waals surface area contributed by atoms with Crippen molar-refractivity contribution in [2.24, 2.45) is 16.6 Å². The molecule has 3 aliphatic rings. The summed E-state index contributed by atoms with van der Waals surface area (Å²) in [6.07, 6.45) is 2.11. The standard InChI is InChI=1S/C24H25ClFN3O3/c1-3-31-17-5-6-18-21(12-17)32-20-7-4-13(14-8-15(25)11-16(26)9-14)10-19(20)24(18)22(30)29(2)23(27)28-24/h4,7-11,17-18,21H,3,5-6,12H2,1-2H3,(H2,27,28). The van der Waals surface area contributed by atoms with E-state index in [4.69, 9.17) is 31.8 Å². The molecule has 4 atom stereocenters. The number of benzene rings is 2. The number of rotatable bonds is 3. The minimum Gasteiger partial charge on any atom is -0.490 e. The predicted molar refractivity (Wildman–Crippen MR) is 120 cm³/mol. The molecule has 2 heterocycles. The number of ether oxygens (including phenoxy) is 2. The Labute approximate surface area is 191 Å². The number of carbonyl (C=O) groups is 1. The predicted octanol–water partition coefficient (Wildman–Crippen LogP) is 4.09. The SMILES string of the molecule is CCOC1CCC2C(C1)Oc1ccc(-c3cc(F)cc(Cl)c3)cc1C21N=C(N)N(C)C1=O. The fourth-order valence-electron chi connectivity index (χ4n) is 5.36. The van der Waals surface area contributed by atoms with Gasteiger partial charge in [-0.2, -0.15) is 0 Å². The summed E-state index contributed by atoms with van der Waals surface area (Å²) >= 11 is 6.08. The molecule has 0 saturated heterocycles. The molecule has 2 aromatic carbocycles. The maximum absolute atomic E-state index is 14.0. The molecule has 5 rings (SSSR count). The quantitative estimate of drug-likeness (QED) is 0.753. The highest BCUT2D eigenvalue weighted by molar-refractivity contribution is 6.30. The van der Waals surface area contributed by atoms with Gasteiger partial charge in [0, 0.05) is 36.6 Å². The number of fused-ring (bicyclic) bond motifs is 4. The molecule has 1 amide bonds. The molecule has 1 fully saturated rings.